The molecule has 20 heavy (non-hydrogen) atoms. The van der Waals surface area contributed by atoms with Crippen molar-refractivity contribution in [3.63, 3.8) is 0 Å². The summed E-state index contributed by atoms with van der Waals surface area (Å²) in [5.41, 5.74) is 4.32. The van der Waals surface area contributed by atoms with Gasteiger partial charge in [0.2, 0.25) is 0 Å². The van der Waals surface area contributed by atoms with Gasteiger partial charge in [0.25, 0.3) is 0 Å². The number of hydrogen-bond acceptors (Lipinski definition) is 4. The van der Waals surface area contributed by atoms with Crippen LogP contribution in [0.3, 0.4) is 0 Å². The first-order chi connectivity index (χ1) is 9.72. The molecule has 4 nitrogen and oxygen atoms in total. The summed E-state index contributed by atoms with van der Waals surface area (Å²) in [5, 5.41) is 3.21. The molecule has 1 aliphatic rings. The lowest BCUT2D eigenvalue weighted by atomic mass is 10.1. The molecule has 100 valence electrons. The molecule has 0 spiro atoms. The van der Waals surface area contributed by atoms with Crippen molar-refractivity contribution in [2.45, 2.75) is 20.0 Å². The highest BCUT2D eigenvalue weighted by molar-refractivity contribution is 5.78. The minimum atomic E-state index is -0.0919. The Hall–Kier alpha value is -2.49. The summed E-state index contributed by atoms with van der Waals surface area (Å²) in [5.74, 6) is 0.736. The van der Waals surface area contributed by atoms with Gasteiger partial charge in [0.1, 0.15) is 6.17 Å². The van der Waals surface area contributed by atoms with Crippen molar-refractivity contribution in [1.29, 1.82) is 0 Å². The Morgan fingerprint density at radius 1 is 1.00 bits per heavy atom. The highest BCUT2D eigenvalue weighted by Gasteiger charge is 2.11. The molecule has 2 aromatic rings. The van der Waals surface area contributed by atoms with Crippen molar-refractivity contribution in [2.24, 2.45) is 4.99 Å². The molecule has 1 aromatic heterocycles. The lowest BCUT2D eigenvalue weighted by Crippen LogP contribution is -2.18. The number of hydrogen-bond donors (Lipinski definition) is 1. The van der Waals surface area contributed by atoms with E-state index in [9.17, 15) is 0 Å². The van der Waals surface area contributed by atoms with Crippen LogP contribution in [-0.2, 0) is 0 Å². The Kier molecular flexibility index (Phi) is 3.29. The van der Waals surface area contributed by atoms with Gasteiger partial charge in [-0.15, -0.1) is 0 Å². The van der Waals surface area contributed by atoms with E-state index >= 15 is 0 Å². The van der Waals surface area contributed by atoms with E-state index in [4.69, 9.17) is 0 Å². The van der Waals surface area contributed by atoms with E-state index in [-0.39, 0.29) is 6.17 Å². The van der Waals surface area contributed by atoms with E-state index in [0.29, 0.717) is 0 Å². The topological polar surface area (TPSA) is 50.2 Å². The zero-order valence-electron chi connectivity index (χ0n) is 11.5. The van der Waals surface area contributed by atoms with Gasteiger partial charge >= 0.3 is 0 Å². The number of aliphatic imine (C=N–C) groups is 1. The lowest BCUT2D eigenvalue weighted by Gasteiger charge is -2.16. The highest BCUT2D eigenvalue weighted by atomic mass is 15.1. The average Bonchev–Trinajstić information content (AvgIpc) is 2.49. The molecule has 2 heterocycles. The largest absolute Gasteiger partial charge is 0.366 e. The van der Waals surface area contributed by atoms with Gasteiger partial charge in [-0.05, 0) is 19.4 Å². The first-order valence-corrected chi connectivity index (χ1v) is 6.57. The van der Waals surface area contributed by atoms with Gasteiger partial charge in [0.05, 0.1) is 0 Å². The minimum absolute atomic E-state index is 0.0919. The molecular weight excluding hydrogens is 248 g/mol. The molecule has 3 rings (SSSR count). The SMILES string of the molecule is CC1=CNC(c2cnc(-c3ccc(C)cc3)nc2)N=C1. The van der Waals surface area contributed by atoms with Crippen LogP contribution < -0.4 is 5.32 Å². The van der Waals surface area contributed by atoms with Gasteiger partial charge in [0.15, 0.2) is 5.82 Å². The van der Waals surface area contributed by atoms with Crippen LogP contribution >= 0.6 is 0 Å². The zero-order valence-corrected chi connectivity index (χ0v) is 11.5. The summed E-state index contributed by atoms with van der Waals surface area (Å²) >= 11 is 0. The minimum Gasteiger partial charge on any atom is -0.366 e. The van der Waals surface area contributed by atoms with E-state index in [2.05, 4.69) is 39.3 Å². The molecule has 0 fully saturated rings. The van der Waals surface area contributed by atoms with Gasteiger partial charge in [-0.2, -0.15) is 0 Å². The van der Waals surface area contributed by atoms with Crippen molar-refractivity contribution in [3.05, 3.63) is 59.6 Å². The third-order valence-corrected chi connectivity index (χ3v) is 3.19. The molecule has 1 aromatic carbocycles. The predicted octanol–water partition coefficient (Wildman–Crippen LogP) is 3.03. The van der Waals surface area contributed by atoms with Gasteiger partial charge in [-0.3, -0.25) is 4.99 Å². The second kappa shape index (κ2) is 5.25. The molecule has 4 heteroatoms. The summed E-state index contributed by atoms with van der Waals surface area (Å²) in [7, 11) is 0. The number of nitrogens with zero attached hydrogens (tertiary/aromatic N) is 3. The van der Waals surface area contributed by atoms with Crippen molar-refractivity contribution >= 4 is 6.21 Å². The summed E-state index contributed by atoms with van der Waals surface area (Å²) < 4.78 is 0. The van der Waals surface area contributed by atoms with E-state index in [1.54, 1.807) is 0 Å². The van der Waals surface area contributed by atoms with Crippen LogP contribution in [0.15, 0.2) is 53.4 Å². The van der Waals surface area contributed by atoms with Crippen LogP contribution in [0, 0.1) is 6.92 Å². The standard InChI is InChI=1S/C16H16N4/c1-11-3-5-13(6-4-11)15-19-9-14(10-20-15)16-17-7-12(2)8-18-16/h3-10,16-17H,1-2H3. The number of nitrogens with one attached hydrogen (secondary N) is 1. The van der Waals surface area contributed by atoms with E-state index < -0.39 is 0 Å². The van der Waals surface area contributed by atoms with Gasteiger partial charge in [-0.1, -0.05) is 29.8 Å². The van der Waals surface area contributed by atoms with Gasteiger partial charge < -0.3 is 5.32 Å². The van der Waals surface area contributed by atoms with Crippen LogP contribution in [-0.4, -0.2) is 16.2 Å². The second-order valence-corrected chi connectivity index (χ2v) is 4.94. The molecule has 1 atom stereocenters. The number of rotatable bonds is 2. The molecule has 0 bridgehead atoms. The Morgan fingerprint density at radius 3 is 2.30 bits per heavy atom. The Bertz CT molecular complexity index is 654. The first-order valence-electron chi connectivity index (χ1n) is 6.57. The molecule has 1 aliphatic heterocycles. The predicted molar refractivity (Wildman–Crippen MR) is 80.3 cm³/mol. The van der Waals surface area contributed by atoms with Crippen molar-refractivity contribution < 1.29 is 0 Å². The van der Waals surface area contributed by atoms with Crippen LogP contribution in [0.2, 0.25) is 0 Å². The summed E-state index contributed by atoms with van der Waals surface area (Å²) in [6.07, 6.45) is 7.36. The number of benzene rings is 1. The summed E-state index contributed by atoms with van der Waals surface area (Å²) in [4.78, 5) is 13.3. The number of aryl methyl sites for hydroxylation is 1. The fourth-order valence-corrected chi connectivity index (χ4v) is 2.00. The zero-order chi connectivity index (χ0) is 13.9. The number of allylic oxidation sites excluding steroid dienone is 1. The quantitative estimate of drug-likeness (QED) is 0.907. The van der Waals surface area contributed by atoms with Crippen molar-refractivity contribution in [1.82, 2.24) is 15.3 Å². The lowest BCUT2D eigenvalue weighted by molar-refractivity contribution is 0.642. The molecule has 0 saturated heterocycles. The molecule has 0 radical (unpaired) electrons. The monoisotopic (exact) mass is 264 g/mol. The maximum absolute atomic E-state index is 4.43. The van der Waals surface area contributed by atoms with Crippen LogP contribution in [0.1, 0.15) is 24.2 Å². The Balaban J connectivity index is 1.81. The molecule has 1 unspecified atom stereocenters. The van der Waals surface area contributed by atoms with Crippen LogP contribution in [0.4, 0.5) is 0 Å². The molecule has 0 saturated carbocycles. The summed E-state index contributed by atoms with van der Waals surface area (Å²) in [6.45, 7) is 4.07. The average molecular weight is 264 g/mol. The second-order valence-electron chi connectivity index (χ2n) is 4.94. The third-order valence-electron chi connectivity index (χ3n) is 3.19. The van der Waals surface area contributed by atoms with Crippen molar-refractivity contribution in [2.75, 3.05) is 0 Å². The maximum Gasteiger partial charge on any atom is 0.159 e. The smallest absolute Gasteiger partial charge is 0.159 e. The van der Waals surface area contributed by atoms with Crippen LogP contribution in [0.5, 0.6) is 0 Å². The normalized spacial score (nSPS) is 17.5. The molecule has 1 N–H and O–H groups in total. The highest BCUT2D eigenvalue weighted by Crippen LogP contribution is 2.19. The van der Waals surface area contributed by atoms with E-state index in [1.165, 1.54) is 5.56 Å². The van der Waals surface area contributed by atoms with E-state index in [1.807, 2.05) is 43.9 Å². The first kappa shape index (κ1) is 12.5. The maximum atomic E-state index is 4.43. The fraction of sp³-hybridized carbons (Fsp3) is 0.188. The van der Waals surface area contributed by atoms with Crippen LogP contribution in [0.25, 0.3) is 11.4 Å². The molecule has 0 aliphatic carbocycles. The summed E-state index contributed by atoms with van der Waals surface area (Å²) in [6, 6.07) is 8.20. The molecule has 0 amide bonds. The Labute approximate surface area is 118 Å². The van der Waals surface area contributed by atoms with Gasteiger partial charge in [-0.25, -0.2) is 9.97 Å². The number of aromatic nitrogens is 2. The third kappa shape index (κ3) is 2.59. The Morgan fingerprint density at radius 2 is 1.70 bits per heavy atom. The van der Waals surface area contributed by atoms with E-state index in [0.717, 1.165) is 22.5 Å². The van der Waals surface area contributed by atoms with Gasteiger partial charge in [0, 0.05) is 35.9 Å². The van der Waals surface area contributed by atoms with Crippen molar-refractivity contribution in [3.8, 4) is 11.4 Å². The fourth-order valence-electron chi connectivity index (χ4n) is 2.00. The molecular formula is C16H16N4.